The zero-order valence-electron chi connectivity index (χ0n) is 10.4. The van der Waals surface area contributed by atoms with Crippen LogP contribution in [0.5, 0.6) is 0 Å². The van der Waals surface area contributed by atoms with Crippen LogP contribution in [0.1, 0.15) is 17.2 Å². The monoisotopic (exact) mass is 276 g/mol. The fourth-order valence-corrected chi connectivity index (χ4v) is 1.81. The van der Waals surface area contributed by atoms with E-state index in [4.69, 9.17) is 5.26 Å². The van der Waals surface area contributed by atoms with E-state index in [1.807, 2.05) is 6.07 Å². The number of benzene rings is 2. The molecule has 102 valence electrons. The van der Waals surface area contributed by atoms with E-state index >= 15 is 0 Å². The minimum absolute atomic E-state index is 0.0326. The van der Waals surface area contributed by atoms with E-state index in [2.05, 4.69) is 5.32 Å². The standard InChI is InChI=1S/C15H11F3N2/c16-11-5-6-12(14(18)7-11)15(8-19)20-9-10-3-1-2-4-13(10)17/h1-7,15,20H,9H2. The molecule has 0 amide bonds. The summed E-state index contributed by atoms with van der Waals surface area (Å²) in [4.78, 5) is 0. The molecule has 0 radical (unpaired) electrons. The van der Waals surface area contributed by atoms with Crippen molar-refractivity contribution in [2.24, 2.45) is 0 Å². The third kappa shape index (κ3) is 3.16. The number of nitriles is 1. The minimum Gasteiger partial charge on any atom is -0.294 e. The summed E-state index contributed by atoms with van der Waals surface area (Å²) < 4.78 is 39.8. The Labute approximate surface area is 114 Å². The molecule has 0 aliphatic rings. The summed E-state index contributed by atoms with van der Waals surface area (Å²) in [6.45, 7) is 0.0711. The third-order valence-corrected chi connectivity index (χ3v) is 2.86. The number of halogens is 3. The molecule has 0 saturated heterocycles. The molecule has 0 fully saturated rings. The highest BCUT2D eigenvalue weighted by Crippen LogP contribution is 2.18. The first-order valence-electron chi connectivity index (χ1n) is 5.93. The van der Waals surface area contributed by atoms with Crippen molar-refractivity contribution in [3.63, 3.8) is 0 Å². The molecule has 0 aromatic heterocycles. The second-order valence-corrected chi connectivity index (χ2v) is 4.20. The van der Waals surface area contributed by atoms with Crippen molar-refractivity contribution >= 4 is 0 Å². The molecule has 20 heavy (non-hydrogen) atoms. The molecule has 2 rings (SSSR count). The lowest BCUT2D eigenvalue weighted by molar-refractivity contribution is 0.534. The Kier molecular flexibility index (Phi) is 4.38. The van der Waals surface area contributed by atoms with Crippen molar-refractivity contribution in [2.75, 3.05) is 0 Å². The molecule has 0 bridgehead atoms. The van der Waals surface area contributed by atoms with Gasteiger partial charge in [-0.2, -0.15) is 5.26 Å². The molecule has 1 unspecified atom stereocenters. The maximum atomic E-state index is 13.6. The molecule has 0 saturated carbocycles. The van der Waals surface area contributed by atoms with Gasteiger partial charge in [0.1, 0.15) is 23.5 Å². The highest BCUT2D eigenvalue weighted by molar-refractivity contribution is 5.27. The molecule has 2 nitrogen and oxygen atoms in total. The molecule has 0 aliphatic carbocycles. The van der Waals surface area contributed by atoms with E-state index in [1.54, 1.807) is 18.2 Å². The zero-order chi connectivity index (χ0) is 14.5. The Hall–Kier alpha value is -2.32. The number of hydrogen-bond donors (Lipinski definition) is 1. The lowest BCUT2D eigenvalue weighted by Gasteiger charge is -2.13. The van der Waals surface area contributed by atoms with Gasteiger partial charge in [-0.1, -0.05) is 24.3 Å². The zero-order valence-corrected chi connectivity index (χ0v) is 10.4. The van der Waals surface area contributed by atoms with Crippen LogP contribution in [-0.2, 0) is 6.54 Å². The molecule has 0 heterocycles. The van der Waals surface area contributed by atoms with Gasteiger partial charge in [0.15, 0.2) is 0 Å². The first-order valence-corrected chi connectivity index (χ1v) is 5.93. The Morgan fingerprint density at radius 3 is 2.45 bits per heavy atom. The largest absolute Gasteiger partial charge is 0.294 e. The summed E-state index contributed by atoms with van der Waals surface area (Å²) >= 11 is 0. The van der Waals surface area contributed by atoms with Gasteiger partial charge >= 0.3 is 0 Å². The van der Waals surface area contributed by atoms with Gasteiger partial charge in [0.2, 0.25) is 0 Å². The average Bonchev–Trinajstić information content (AvgIpc) is 2.43. The maximum Gasteiger partial charge on any atom is 0.131 e. The number of nitrogens with zero attached hydrogens (tertiary/aromatic N) is 1. The highest BCUT2D eigenvalue weighted by Gasteiger charge is 2.15. The van der Waals surface area contributed by atoms with Gasteiger partial charge in [-0.05, 0) is 12.1 Å². The molecular weight excluding hydrogens is 265 g/mol. The second kappa shape index (κ2) is 6.22. The van der Waals surface area contributed by atoms with Crippen LogP contribution >= 0.6 is 0 Å². The van der Waals surface area contributed by atoms with Crippen LogP contribution in [-0.4, -0.2) is 0 Å². The number of rotatable bonds is 4. The first kappa shape index (κ1) is 14.1. The predicted molar refractivity (Wildman–Crippen MR) is 68.0 cm³/mol. The normalized spacial score (nSPS) is 11.9. The van der Waals surface area contributed by atoms with Gasteiger partial charge in [-0.15, -0.1) is 0 Å². The smallest absolute Gasteiger partial charge is 0.131 e. The number of nitrogens with one attached hydrogen (secondary N) is 1. The van der Waals surface area contributed by atoms with Gasteiger partial charge in [0.05, 0.1) is 6.07 Å². The van der Waals surface area contributed by atoms with E-state index in [0.29, 0.717) is 11.6 Å². The highest BCUT2D eigenvalue weighted by atomic mass is 19.1. The summed E-state index contributed by atoms with van der Waals surface area (Å²) in [6.07, 6.45) is 0. The van der Waals surface area contributed by atoms with Gasteiger partial charge in [-0.25, -0.2) is 13.2 Å². The molecule has 2 aromatic carbocycles. The molecule has 1 N–H and O–H groups in total. The van der Waals surface area contributed by atoms with E-state index in [0.717, 1.165) is 6.07 Å². The molecule has 2 aromatic rings. The van der Waals surface area contributed by atoms with E-state index in [9.17, 15) is 13.2 Å². The van der Waals surface area contributed by atoms with Crippen molar-refractivity contribution in [1.82, 2.24) is 5.32 Å². The van der Waals surface area contributed by atoms with E-state index in [1.165, 1.54) is 12.1 Å². The van der Waals surface area contributed by atoms with Gasteiger partial charge < -0.3 is 0 Å². The summed E-state index contributed by atoms with van der Waals surface area (Å²) in [6, 6.07) is 9.98. The first-order chi connectivity index (χ1) is 9.61. The van der Waals surface area contributed by atoms with Gasteiger partial charge in [0, 0.05) is 23.7 Å². The predicted octanol–water partition coefficient (Wildman–Crippen LogP) is 3.46. The quantitative estimate of drug-likeness (QED) is 0.928. The Morgan fingerprint density at radius 2 is 1.80 bits per heavy atom. The Morgan fingerprint density at radius 1 is 1.05 bits per heavy atom. The fraction of sp³-hybridized carbons (Fsp3) is 0.133. The maximum absolute atomic E-state index is 13.6. The lowest BCUT2D eigenvalue weighted by atomic mass is 10.1. The summed E-state index contributed by atoms with van der Waals surface area (Å²) in [5, 5.41) is 11.8. The average molecular weight is 276 g/mol. The van der Waals surface area contributed by atoms with Crippen molar-refractivity contribution < 1.29 is 13.2 Å². The lowest BCUT2D eigenvalue weighted by Crippen LogP contribution is -2.21. The van der Waals surface area contributed by atoms with Crippen LogP contribution in [0.15, 0.2) is 42.5 Å². The van der Waals surface area contributed by atoms with Crippen molar-refractivity contribution in [3.05, 3.63) is 71.0 Å². The molecule has 0 spiro atoms. The SMILES string of the molecule is N#CC(NCc1ccccc1F)c1ccc(F)cc1F. The summed E-state index contributed by atoms with van der Waals surface area (Å²) in [5.41, 5.74) is 0.403. The third-order valence-electron chi connectivity index (χ3n) is 2.86. The van der Waals surface area contributed by atoms with Gasteiger partial charge in [-0.3, -0.25) is 5.32 Å². The summed E-state index contributed by atoms with van der Waals surface area (Å²) in [5.74, 6) is -1.93. The van der Waals surface area contributed by atoms with Crippen LogP contribution in [0.4, 0.5) is 13.2 Å². The number of hydrogen-bond acceptors (Lipinski definition) is 2. The molecule has 5 heteroatoms. The molecular formula is C15H11F3N2. The van der Waals surface area contributed by atoms with Crippen molar-refractivity contribution in [2.45, 2.75) is 12.6 Å². The molecule has 1 atom stereocenters. The van der Waals surface area contributed by atoms with E-state index < -0.39 is 23.5 Å². The fourth-order valence-electron chi connectivity index (χ4n) is 1.81. The van der Waals surface area contributed by atoms with Crippen LogP contribution in [0, 0.1) is 28.8 Å². The molecule has 0 aliphatic heterocycles. The van der Waals surface area contributed by atoms with Gasteiger partial charge in [0.25, 0.3) is 0 Å². The van der Waals surface area contributed by atoms with Crippen LogP contribution in [0.25, 0.3) is 0 Å². The van der Waals surface area contributed by atoms with Crippen molar-refractivity contribution in [3.8, 4) is 6.07 Å². The van der Waals surface area contributed by atoms with E-state index in [-0.39, 0.29) is 12.1 Å². The second-order valence-electron chi connectivity index (χ2n) is 4.20. The Bertz CT molecular complexity index is 650. The Balaban J connectivity index is 2.14. The van der Waals surface area contributed by atoms with Crippen LogP contribution in [0.3, 0.4) is 0 Å². The topological polar surface area (TPSA) is 35.8 Å². The summed E-state index contributed by atoms with van der Waals surface area (Å²) in [7, 11) is 0. The van der Waals surface area contributed by atoms with Crippen LogP contribution in [0.2, 0.25) is 0 Å². The van der Waals surface area contributed by atoms with Crippen LogP contribution < -0.4 is 5.32 Å². The van der Waals surface area contributed by atoms with Crippen molar-refractivity contribution in [1.29, 1.82) is 5.26 Å². The minimum atomic E-state index is -0.977.